The number of carbonyl (C=O) groups excluding carboxylic acids is 1. The molecule has 88 valence electrons. The maximum absolute atomic E-state index is 12.0. The number of fused-ring (bicyclic) bond motifs is 1. The van der Waals surface area contributed by atoms with Crippen LogP contribution in [0.5, 0.6) is 0 Å². The smallest absolute Gasteiger partial charge is 0.245 e. The predicted molar refractivity (Wildman–Crippen MR) is 65.4 cm³/mol. The summed E-state index contributed by atoms with van der Waals surface area (Å²) >= 11 is 0. The van der Waals surface area contributed by atoms with Gasteiger partial charge in [0.25, 0.3) is 0 Å². The zero-order chi connectivity index (χ0) is 12.0. The molecule has 0 saturated carbocycles. The molecule has 2 heterocycles. The Morgan fingerprint density at radius 2 is 2.29 bits per heavy atom. The Balaban J connectivity index is 2.09. The van der Waals surface area contributed by atoms with Gasteiger partial charge in [0, 0.05) is 19.3 Å². The number of aromatic nitrogens is 2. The molecule has 5 nitrogen and oxygen atoms in total. The molecule has 2 N–H and O–H groups in total. The van der Waals surface area contributed by atoms with Crippen LogP contribution in [-0.2, 0) is 4.79 Å². The summed E-state index contributed by atoms with van der Waals surface area (Å²) < 4.78 is 1.95. The van der Waals surface area contributed by atoms with Crippen molar-refractivity contribution in [1.29, 1.82) is 0 Å². The lowest BCUT2D eigenvalue weighted by molar-refractivity contribution is -0.129. The second-order valence-corrected chi connectivity index (χ2v) is 4.46. The summed E-state index contributed by atoms with van der Waals surface area (Å²) in [6.07, 6.45) is 2.57. The number of benzene rings is 1. The van der Waals surface area contributed by atoms with E-state index >= 15 is 0 Å². The van der Waals surface area contributed by atoms with E-state index in [2.05, 4.69) is 4.98 Å². The fourth-order valence-corrected chi connectivity index (χ4v) is 2.36. The summed E-state index contributed by atoms with van der Waals surface area (Å²) in [7, 11) is 1.83. The minimum atomic E-state index is -0.117. The van der Waals surface area contributed by atoms with E-state index < -0.39 is 0 Å². The quantitative estimate of drug-likeness (QED) is 0.744. The molecule has 1 aliphatic heterocycles. The molecule has 1 atom stereocenters. The standard InChI is InChI=1S/C12H14N4O/c1-15-5-4-11(12(15)17)16-7-14-9-6-8(13)2-3-10(9)16/h2-3,6-7,11H,4-5,13H2,1H3. The highest BCUT2D eigenvalue weighted by Crippen LogP contribution is 2.26. The van der Waals surface area contributed by atoms with E-state index in [4.69, 9.17) is 5.73 Å². The van der Waals surface area contributed by atoms with Gasteiger partial charge in [-0.3, -0.25) is 4.79 Å². The Labute approximate surface area is 98.8 Å². The topological polar surface area (TPSA) is 64.2 Å². The maximum atomic E-state index is 12.0. The molecule has 0 bridgehead atoms. The molecule has 1 amide bonds. The van der Waals surface area contributed by atoms with Crippen LogP contribution in [0.1, 0.15) is 12.5 Å². The van der Waals surface area contributed by atoms with E-state index in [0.29, 0.717) is 5.69 Å². The van der Waals surface area contributed by atoms with Crippen molar-refractivity contribution in [1.82, 2.24) is 14.5 Å². The first-order valence-corrected chi connectivity index (χ1v) is 5.64. The fraction of sp³-hybridized carbons (Fsp3) is 0.333. The Hall–Kier alpha value is -2.04. The molecule has 1 unspecified atom stereocenters. The molecule has 1 aromatic carbocycles. The molecule has 0 spiro atoms. The van der Waals surface area contributed by atoms with Crippen LogP contribution in [-0.4, -0.2) is 34.0 Å². The molecule has 1 aromatic heterocycles. The van der Waals surface area contributed by atoms with E-state index in [0.717, 1.165) is 24.0 Å². The van der Waals surface area contributed by atoms with Gasteiger partial charge in [0.05, 0.1) is 17.4 Å². The normalized spacial score (nSPS) is 20.4. The SMILES string of the molecule is CN1CCC(n2cnc3cc(N)ccc32)C1=O. The molecule has 0 radical (unpaired) electrons. The van der Waals surface area contributed by atoms with Gasteiger partial charge in [-0.05, 0) is 24.6 Å². The minimum absolute atomic E-state index is 0.117. The minimum Gasteiger partial charge on any atom is -0.399 e. The molecule has 0 aliphatic carbocycles. The molecule has 1 fully saturated rings. The number of rotatable bonds is 1. The number of hydrogen-bond acceptors (Lipinski definition) is 3. The van der Waals surface area contributed by atoms with E-state index in [9.17, 15) is 4.79 Å². The number of nitrogens with zero attached hydrogens (tertiary/aromatic N) is 3. The molecule has 1 saturated heterocycles. The van der Waals surface area contributed by atoms with Crippen LogP contribution in [0.3, 0.4) is 0 Å². The summed E-state index contributed by atoms with van der Waals surface area (Å²) in [5.41, 5.74) is 8.21. The summed E-state index contributed by atoms with van der Waals surface area (Å²) in [5.74, 6) is 0.154. The van der Waals surface area contributed by atoms with Gasteiger partial charge in [0.15, 0.2) is 0 Å². The number of hydrogen-bond donors (Lipinski definition) is 1. The number of amides is 1. The summed E-state index contributed by atoms with van der Waals surface area (Å²) in [6, 6.07) is 5.47. The van der Waals surface area contributed by atoms with Gasteiger partial charge in [-0.1, -0.05) is 0 Å². The second kappa shape index (κ2) is 3.48. The van der Waals surface area contributed by atoms with Crippen molar-refractivity contribution in [2.45, 2.75) is 12.5 Å². The maximum Gasteiger partial charge on any atom is 0.245 e. The number of nitrogens with two attached hydrogens (primary N) is 1. The van der Waals surface area contributed by atoms with Crippen LogP contribution in [0.4, 0.5) is 5.69 Å². The van der Waals surface area contributed by atoms with Crippen molar-refractivity contribution in [3.63, 3.8) is 0 Å². The number of likely N-dealkylation sites (tertiary alicyclic amines) is 1. The monoisotopic (exact) mass is 230 g/mol. The molecule has 2 aromatic rings. The van der Waals surface area contributed by atoms with Crippen molar-refractivity contribution < 1.29 is 4.79 Å². The van der Waals surface area contributed by atoms with Gasteiger partial charge in [0.1, 0.15) is 6.04 Å². The highest BCUT2D eigenvalue weighted by molar-refractivity contribution is 5.86. The predicted octanol–water partition coefficient (Wildman–Crippen LogP) is 1.02. The first-order valence-electron chi connectivity index (χ1n) is 5.64. The number of nitrogen functional groups attached to an aromatic ring is 1. The second-order valence-electron chi connectivity index (χ2n) is 4.46. The average molecular weight is 230 g/mol. The van der Waals surface area contributed by atoms with E-state index in [1.54, 1.807) is 11.2 Å². The largest absolute Gasteiger partial charge is 0.399 e. The zero-order valence-corrected chi connectivity index (χ0v) is 9.63. The van der Waals surface area contributed by atoms with Crippen LogP contribution in [0.25, 0.3) is 11.0 Å². The first-order chi connectivity index (χ1) is 8.16. The number of imidazole rings is 1. The van der Waals surface area contributed by atoms with Crippen molar-refractivity contribution in [3.8, 4) is 0 Å². The Kier molecular flexibility index (Phi) is 2.07. The number of anilines is 1. The molecule has 1 aliphatic rings. The highest BCUT2D eigenvalue weighted by Gasteiger charge is 2.31. The van der Waals surface area contributed by atoms with E-state index in [1.807, 2.05) is 29.8 Å². The van der Waals surface area contributed by atoms with Crippen molar-refractivity contribution >= 4 is 22.6 Å². The van der Waals surface area contributed by atoms with Crippen LogP contribution in [0.15, 0.2) is 24.5 Å². The molecular weight excluding hydrogens is 216 g/mol. The third-order valence-corrected chi connectivity index (χ3v) is 3.33. The molecular formula is C12H14N4O. The Morgan fingerprint density at radius 1 is 1.47 bits per heavy atom. The lowest BCUT2D eigenvalue weighted by Crippen LogP contribution is -2.24. The van der Waals surface area contributed by atoms with Crippen LogP contribution >= 0.6 is 0 Å². The third kappa shape index (κ3) is 1.46. The van der Waals surface area contributed by atoms with Gasteiger partial charge in [-0.25, -0.2) is 4.98 Å². The summed E-state index contributed by atoms with van der Waals surface area (Å²) in [5, 5.41) is 0. The Morgan fingerprint density at radius 3 is 3.00 bits per heavy atom. The third-order valence-electron chi connectivity index (χ3n) is 3.33. The zero-order valence-electron chi connectivity index (χ0n) is 9.63. The fourth-order valence-electron chi connectivity index (χ4n) is 2.36. The number of carbonyl (C=O) groups is 1. The lowest BCUT2D eigenvalue weighted by Gasteiger charge is -2.12. The summed E-state index contributed by atoms with van der Waals surface area (Å²) in [6.45, 7) is 0.804. The van der Waals surface area contributed by atoms with Crippen molar-refractivity contribution in [2.24, 2.45) is 0 Å². The van der Waals surface area contributed by atoms with Crippen LogP contribution in [0, 0.1) is 0 Å². The van der Waals surface area contributed by atoms with Crippen molar-refractivity contribution in [2.75, 3.05) is 19.3 Å². The Bertz CT molecular complexity index is 589. The molecule has 17 heavy (non-hydrogen) atoms. The van der Waals surface area contributed by atoms with Gasteiger partial charge in [0.2, 0.25) is 5.91 Å². The van der Waals surface area contributed by atoms with Gasteiger partial charge < -0.3 is 15.2 Å². The van der Waals surface area contributed by atoms with Crippen LogP contribution < -0.4 is 5.73 Å². The van der Waals surface area contributed by atoms with Gasteiger partial charge in [-0.15, -0.1) is 0 Å². The average Bonchev–Trinajstić information content (AvgIpc) is 2.84. The first kappa shape index (κ1) is 10.1. The molecule has 3 rings (SSSR count). The van der Waals surface area contributed by atoms with Crippen LogP contribution in [0.2, 0.25) is 0 Å². The lowest BCUT2D eigenvalue weighted by atomic mass is 10.2. The van der Waals surface area contributed by atoms with Gasteiger partial charge in [-0.2, -0.15) is 0 Å². The highest BCUT2D eigenvalue weighted by atomic mass is 16.2. The van der Waals surface area contributed by atoms with E-state index in [-0.39, 0.29) is 11.9 Å². The van der Waals surface area contributed by atoms with E-state index in [1.165, 1.54) is 0 Å². The molecule has 5 heteroatoms. The number of likely N-dealkylation sites (N-methyl/N-ethyl adjacent to an activating group) is 1. The van der Waals surface area contributed by atoms with Gasteiger partial charge >= 0.3 is 0 Å². The van der Waals surface area contributed by atoms with Crippen molar-refractivity contribution in [3.05, 3.63) is 24.5 Å². The summed E-state index contributed by atoms with van der Waals surface area (Å²) in [4.78, 5) is 18.0.